The molecular formula is C22H25FN2O4S. The molecule has 1 unspecified atom stereocenters. The van der Waals surface area contributed by atoms with Crippen molar-refractivity contribution in [1.29, 1.82) is 0 Å². The van der Waals surface area contributed by atoms with E-state index in [-0.39, 0.29) is 25.5 Å². The van der Waals surface area contributed by atoms with Gasteiger partial charge in [-0.05, 0) is 50.6 Å². The number of furan rings is 1. The summed E-state index contributed by atoms with van der Waals surface area (Å²) in [4.78, 5) is 8.21. The lowest BCUT2D eigenvalue weighted by Gasteiger charge is -2.13. The summed E-state index contributed by atoms with van der Waals surface area (Å²) in [6, 6.07) is 6.87. The predicted octanol–water partition coefficient (Wildman–Crippen LogP) is 4.35. The summed E-state index contributed by atoms with van der Waals surface area (Å²) < 4.78 is 38.0. The minimum Gasteiger partial charge on any atom is -0.458 e. The van der Waals surface area contributed by atoms with Crippen LogP contribution in [0.15, 0.2) is 39.9 Å². The van der Waals surface area contributed by atoms with Gasteiger partial charge in [-0.2, -0.15) is 0 Å². The molecule has 0 aliphatic heterocycles. The van der Waals surface area contributed by atoms with E-state index in [1.165, 1.54) is 11.7 Å². The summed E-state index contributed by atoms with van der Waals surface area (Å²) in [5.74, 6) is 0.0741. The number of methoxy groups -OCH3 is 1. The molecule has 1 aromatic carbocycles. The van der Waals surface area contributed by atoms with Crippen LogP contribution in [0.3, 0.4) is 0 Å². The van der Waals surface area contributed by atoms with E-state index in [1.54, 1.807) is 25.3 Å². The van der Waals surface area contributed by atoms with Crippen molar-refractivity contribution in [2.45, 2.75) is 45.3 Å². The average molecular weight is 433 g/mol. The number of hydrogen-bond acceptors (Lipinski definition) is 6. The van der Waals surface area contributed by atoms with Gasteiger partial charge in [0.2, 0.25) is 0 Å². The van der Waals surface area contributed by atoms with E-state index in [4.69, 9.17) is 9.15 Å². The van der Waals surface area contributed by atoms with Gasteiger partial charge >= 0.3 is 0 Å². The van der Waals surface area contributed by atoms with Gasteiger partial charge in [0.25, 0.3) is 0 Å². The van der Waals surface area contributed by atoms with Gasteiger partial charge in [-0.15, -0.1) is 0 Å². The highest BCUT2D eigenvalue weighted by atomic mass is 32.2. The van der Waals surface area contributed by atoms with Crippen molar-refractivity contribution >= 4 is 27.3 Å². The number of hydrogen-bond donors (Lipinski definition) is 1. The Bertz CT molecular complexity index is 1100. The number of aliphatic hydroxyl groups is 1. The number of rotatable bonds is 7. The van der Waals surface area contributed by atoms with E-state index in [2.05, 4.69) is 9.98 Å². The minimum atomic E-state index is -1.28. The van der Waals surface area contributed by atoms with Crippen LogP contribution in [-0.4, -0.2) is 31.7 Å². The van der Waals surface area contributed by atoms with Crippen molar-refractivity contribution in [2.75, 3.05) is 7.11 Å². The molecule has 6 nitrogen and oxygen atoms in total. The number of benzene rings is 1. The van der Waals surface area contributed by atoms with Gasteiger partial charge in [-0.25, -0.2) is 4.39 Å². The van der Waals surface area contributed by atoms with Crippen LogP contribution in [0.1, 0.15) is 37.8 Å². The highest BCUT2D eigenvalue weighted by Gasteiger charge is 2.19. The Labute approximate surface area is 177 Å². The van der Waals surface area contributed by atoms with Crippen molar-refractivity contribution < 1.29 is 22.9 Å². The molecule has 0 aliphatic carbocycles. The number of aliphatic imine (C=N–C) groups is 1. The fourth-order valence-corrected chi connectivity index (χ4v) is 3.45. The van der Waals surface area contributed by atoms with E-state index in [0.717, 1.165) is 5.39 Å². The Hall–Kier alpha value is -2.42. The monoisotopic (exact) mass is 432 g/mol. The van der Waals surface area contributed by atoms with Crippen LogP contribution in [0.2, 0.25) is 0 Å². The molecule has 2 heterocycles. The lowest BCUT2D eigenvalue weighted by atomic mass is 10.00. The average Bonchev–Trinajstić information content (AvgIpc) is 3.10. The summed E-state index contributed by atoms with van der Waals surface area (Å²) in [6.07, 6.45) is 1.50. The second-order valence-electron chi connectivity index (χ2n) is 7.84. The zero-order valence-electron chi connectivity index (χ0n) is 17.4. The maximum absolute atomic E-state index is 15.3. The number of fused-ring (bicyclic) bond motifs is 1. The van der Waals surface area contributed by atoms with Gasteiger partial charge < -0.3 is 14.3 Å². The van der Waals surface area contributed by atoms with E-state index in [0.29, 0.717) is 28.0 Å². The fraction of sp³-hybridized carbons (Fsp3) is 0.364. The van der Waals surface area contributed by atoms with Crippen LogP contribution < -0.4 is 0 Å². The maximum Gasteiger partial charge on any atom is 0.154 e. The van der Waals surface area contributed by atoms with Crippen LogP contribution in [-0.2, 0) is 35.3 Å². The normalized spacial score (nSPS) is 13.4. The third kappa shape index (κ3) is 4.83. The van der Waals surface area contributed by atoms with Crippen LogP contribution in [0.4, 0.5) is 4.39 Å². The molecule has 3 aromatic rings. The Morgan fingerprint density at radius 3 is 2.73 bits per heavy atom. The number of nitrogens with zero attached hydrogens (tertiary/aromatic N) is 2. The molecule has 0 amide bonds. The topological polar surface area (TPSA) is 84.9 Å². The molecule has 1 atom stereocenters. The van der Waals surface area contributed by atoms with Crippen molar-refractivity contribution in [2.24, 2.45) is 4.99 Å². The largest absolute Gasteiger partial charge is 0.458 e. The smallest absolute Gasteiger partial charge is 0.154 e. The second-order valence-corrected chi connectivity index (χ2v) is 9.87. The summed E-state index contributed by atoms with van der Waals surface area (Å²) >= 11 is 0. The molecule has 30 heavy (non-hydrogen) atoms. The quantitative estimate of drug-likeness (QED) is 0.443. The molecule has 1 N–H and O–H groups in total. The zero-order valence-corrected chi connectivity index (χ0v) is 18.3. The van der Waals surface area contributed by atoms with E-state index in [9.17, 15) is 9.32 Å². The lowest BCUT2D eigenvalue weighted by molar-refractivity contribution is 0.166. The Morgan fingerprint density at radius 1 is 1.30 bits per heavy atom. The van der Waals surface area contributed by atoms with Crippen LogP contribution in [0, 0.1) is 5.82 Å². The molecule has 0 fully saturated rings. The number of ether oxygens (including phenoxy) is 1. The van der Waals surface area contributed by atoms with E-state index < -0.39 is 21.4 Å². The first-order valence-corrected chi connectivity index (χ1v) is 10.7. The number of aliphatic hydroxyl groups excluding tert-OH is 1. The molecule has 0 aliphatic rings. The number of pyridine rings is 1. The molecule has 0 bridgehead atoms. The fourth-order valence-electron chi connectivity index (χ4n) is 2.93. The van der Waals surface area contributed by atoms with Crippen LogP contribution in [0.25, 0.3) is 22.1 Å². The summed E-state index contributed by atoms with van der Waals surface area (Å²) in [7, 11) is 0.287. The third-order valence-electron chi connectivity index (χ3n) is 4.46. The van der Waals surface area contributed by atoms with Crippen molar-refractivity contribution in [3.63, 3.8) is 0 Å². The molecule has 160 valence electrons. The summed E-state index contributed by atoms with van der Waals surface area (Å²) in [5, 5.41) is 10.4. The third-order valence-corrected chi connectivity index (χ3v) is 6.01. The molecule has 8 heteroatoms. The first-order chi connectivity index (χ1) is 14.2. The van der Waals surface area contributed by atoms with Crippen LogP contribution in [0.5, 0.6) is 0 Å². The molecule has 0 saturated heterocycles. The van der Waals surface area contributed by atoms with Gasteiger partial charge in [-0.3, -0.25) is 14.2 Å². The second kappa shape index (κ2) is 9.16. The van der Waals surface area contributed by atoms with Crippen molar-refractivity contribution in [3.05, 3.63) is 53.3 Å². The Kier molecular flexibility index (Phi) is 6.80. The van der Waals surface area contributed by atoms with Crippen molar-refractivity contribution in [3.8, 4) is 11.1 Å². The minimum absolute atomic E-state index is 0.0304. The highest BCUT2D eigenvalue weighted by molar-refractivity contribution is 7.99. The molecule has 0 radical (unpaired) electrons. The molecular weight excluding hydrogens is 407 g/mol. The molecule has 0 spiro atoms. The SMILES string of the molecule is COCc1cc2cc(CO)cc(-c3ccnc(CN=CS(=O)C(C)(C)C)c3F)c2o1. The van der Waals surface area contributed by atoms with Gasteiger partial charge in [0, 0.05) is 34.6 Å². The highest BCUT2D eigenvalue weighted by Crippen LogP contribution is 2.34. The van der Waals surface area contributed by atoms with Gasteiger partial charge in [0.05, 0.1) is 35.2 Å². The number of halogens is 1. The Morgan fingerprint density at radius 2 is 2.07 bits per heavy atom. The van der Waals surface area contributed by atoms with E-state index in [1.807, 2.05) is 26.8 Å². The van der Waals surface area contributed by atoms with Gasteiger partial charge in [0.15, 0.2) is 5.82 Å². The number of aromatic nitrogens is 1. The maximum atomic E-state index is 15.3. The lowest BCUT2D eigenvalue weighted by Crippen LogP contribution is -2.22. The van der Waals surface area contributed by atoms with Crippen molar-refractivity contribution in [1.82, 2.24) is 4.98 Å². The predicted molar refractivity (Wildman–Crippen MR) is 116 cm³/mol. The molecule has 3 rings (SSSR count). The zero-order chi connectivity index (χ0) is 21.9. The van der Waals surface area contributed by atoms with Crippen LogP contribution >= 0.6 is 0 Å². The Balaban J connectivity index is 2.02. The standard InChI is InChI=1S/C22H25FN2O4S/c1-22(2,3)30(27)13-24-10-19-20(23)17(5-6-25-19)18-8-14(11-26)7-15-9-16(12-28-4)29-21(15)18/h5-9,13,26H,10-12H2,1-4H3. The first kappa shape index (κ1) is 22.3. The molecule has 0 saturated carbocycles. The van der Waals surface area contributed by atoms with E-state index >= 15 is 4.39 Å². The first-order valence-electron chi connectivity index (χ1n) is 9.44. The van der Waals surface area contributed by atoms with Gasteiger partial charge in [-0.1, -0.05) is 0 Å². The molecule has 2 aromatic heterocycles. The van der Waals surface area contributed by atoms with Gasteiger partial charge in [0.1, 0.15) is 18.0 Å². The summed E-state index contributed by atoms with van der Waals surface area (Å²) in [6.45, 7) is 5.60. The summed E-state index contributed by atoms with van der Waals surface area (Å²) in [5.41, 5.74) is 3.43.